The number of esters is 4. The van der Waals surface area contributed by atoms with Gasteiger partial charge in [-0.2, -0.15) is 4.72 Å². The molecule has 188 valence electrons. The Kier molecular flexibility index (Phi) is 9.13. The van der Waals surface area contributed by atoms with E-state index in [1.807, 2.05) is 0 Å². The summed E-state index contributed by atoms with van der Waals surface area (Å²) in [6, 6.07) is 4.36. The summed E-state index contributed by atoms with van der Waals surface area (Å²) >= 11 is 0. The number of carbonyl (C=O) groups is 4. The van der Waals surface area contributed by atoms with E-state index in [0.29, 0.717) is 0 Å². The molecule has 0 spiro atoms. The first-order valence-electron chi connectivity index (χ1n) is 10.2. The number of nitrogens with one attached hydrogen (secondary N) is 1. The van der Waals surface area contributed by atoms with E-state index in [9.17, 15) is 27.6 Å². The fraction of sp³-hybridized carbons (Fsp3) is 0.524. The van der Waals surface area contributed by atoms with Gasteiger partial charge in [0.25, 0.3) is 0 Å². The molecule has 0 radical (unpaired) electrons. The van der Waals surface area contributed by atoms with Crippen LogP contribution in [0.5, 0.6) is 0 Å². The number of rotatable bonds is 8. The first kappa shape index (κ1) is 27.2. The molecule has 1 saturated heterocycles. The molecule has 1 N–H and O–H groups in total. The van der Waals surface area contributed by atoms with Gasteiger partial charge in [-0.3, -0.25) is 19.2 Å². The highest BCUT2D eigenvalue weighted by Crippen LogP contribution is 2.29. The molecule has 5 atom stereocenters. The second-order valence-corrected chi connectivity index (χ2v) is 9.28. The van der Waals surface area contributed by atoms with Crippen molar-refractivity contribution in [2.45, 2.75) is 70.2 Å². The zero-order chi connectivity index (χ0) is 25.6. The summed E-state index contributed by atoms with van der Waals surface area (Å²) in [5, 5.41) is 0. The largest absolute Gasteiger partial charge is 0.463 e. The predicted octanol–water partition coefficient (Wildman–Crippen LogP) is 0.356. The normalized spacial score (nSPS) is 24.6. The fourth-order valence-corrected chi connectivity index (χ4v) is 4.49. The van der Waals surface area contributed by atoms with Gasteiger partial charge in [-0.15, -0.1) is 0 Å². The monoisotopic (exact) mass is 501 g/mol. The van der Waals surface area contributed by atoms with Gasteiger partial charge in [0.05, 0.1) is 4.90 Å². The molecule has 1 fully saturated rings. The highest BCUT2D eigenvalue weighted by atomic mass is 32.2. The average Bonchev–Trinajstić information content (AvgIpc) is 2.70. The zero-order valence-electron chi connectivity index (χ0n) is 19.3. The van der Waals surface area contributed by atoms with E-state index in [2.05, 4.69) is 4.72 Å². The molecule has 1 heterocycles. The number of hydrogen-bond acceptors (Lipinski definition) is 11. The molecule has 12 nitrogen and oxygen atoms in total. The summed E-state index contributed by atoms with van der Waals surface area (Å²) in [6.45, 7) is 5.66. The van der Waals surface area contributed by atoms with E-state index in [1.165, 1.54) is 12.1 Å². The van der Waals surface area contributed by atoms with Crippen molar-refractivity contribution >= 4 is 33.9 Å². The van der Waals surface area contributed by atoms with Gasteiger partial charge in [0.15, 0.2) is 12.2 Å². The van der Waals surface area contributed by atoms with Gasteiger partial charge in [0.1, 0.15) is 18.8 Å². The topological polar surface area (TPSA) is 161 Å². The van der Waals surface area contributed by atoms with Crippen LogP contribution < -0.4 is 4.72 Å². The van der Waals surface area contributed by atoms with Crippen LogP contribution in [0.2, 0.25) is 0 Å². The minimum absolute atomic E-state index is 0.118. The smallest absolute Gasteiger partial charge is 0.304 e. The van der Waals surface area contributed by atoms with Crippen LogP contribution in [0.15, 0.2) is 29.2 Å². The second kappa shape index (κ2) is 11.4. The van der Waals surface area contributed by atoms with E-state index in [1.54, 1.807) is 19.1 Å². The lowest BCUT2D eigenvalue weighted by Gasteiger charge is -2.44. The number of carbonyl (C=O) groups excluding carboxylic acids is 4. The highest BCUT2D eigenvalue weighted by Gasteiger charge is 2.53. The number of benzene rings is 1. The van der Waals surface area contributed by atoms with Gasteiger partial charge >= 0.3 is 23.9 Å². The Labute approximate surface area is 196 Å². The summed E-state index contributed by atoms with van der Waals surface area (Å²) in [4.78, 5) is 46.6. The lowest BCUT2D eigenvalue weighted by molar-refractivity contribution is -0.269. The first-order chi connectivity index (χ1) is 15.8. The maximum atomic E-state index is 13.1. The molecule has 13 heteroatoms. The van der Waals surface area contributed by atoms with Crippen LogP contribution in [-0.4, -0.2) is 69.5 Å². The Bertz CT molecular complexity index is 1020. The minimum Gasteiger partial charge on any atom is -0.463 e. The molecule has 1 aliphatic rings. The van der Waals surface area contributed by atoms with Gasteiger partial charge in [0, 0.05) is 27.7 Å². The lowest BCUT2D eigenvalue weighted by atomic mass is 9.97. The van der Waals surface area contributed by atoms with Crippen LogP contribution >= 0.6 is 0 Å². The van der Waals surface area contributed by atoms with Crippen LogP contribution in [0.3, 0.4) is 0 Å². The maximum Gasteiger partial charge on any atom is 0.304 e. The molecule has 34 heavy (non-hydrogen) atoms. The molecule has 0 aliphatic carbocycles. The van der Waals surface area contributed by atoms with Gasteiger partial charge < -0.3 is 23.7 Å². The molecule has 1 aromatic carbocycles. The van der Waals surface area contributed by atoms with Crippen molar-refractivity contribution < 1.29 is 51.3 Å². The third kappa shape index (κ3) is 7.50. The van der Waals surface area contributed by atoms with Crippen molar-refractivity contribution in [2.75, 3.05) is 6.61 Å². The number of sulfonamides is 1. The summed E-state index contributed by atoms with van der Waals surface area (Å²) in [7, 11) is -4.25. The Hall–Kier alpha value is -3.03. The van der Waals surface area contributed by atoms with E-state index >= 15 is 0 Å². The molecular formula is C21H27NO11S. The summed E-state index contributed by atoms with van der Waals surface area (Å²) in [6.07, 6.45) is -5.77. The van der Waals surface area contributed by atoms with E-state index < -0.39 is 71.2 Å². The van der Waals surface area contributed by atoms with Crippen molar-refractivity contribution in [1.82, 2.24) is 4.72 Å². The molecular weight excluding hydrogens is 474 g/mol. The number of ether oxygens (including phenoxy) is 5. The number of aryl methyl sites for hydroxylation is 1. The summed E-state index contributed by atoms with van der Waals surface area (Å²) < 4.78 is 54.8. The lowest BCUT2D eigenvalue weighted by Crippen LogP contribution is -2.66. The third-order valence-electron chi connectivity index (χ3n) is 4.61. The van der Waals surface area contributed by atoms with Crippen LogP contribution in [0.4, 0.5) is 0 Å². The summed E-state index contributed by atoms with van der Waals surface area (Å²) in [5.74, 6) is -3.15. The van der Waals surface area contributed by atoms with Gasteiger partial charge in [0.2, 0.25) is 16.3 Å². The van der Waals surface area contributed by atoms with Crippen LogP contribution in [0.25, 0.3) is 0 Å². The van der Waals surface area contributed by atoms with Gasteiger partial charge in [-0.05, 0) is 19.1 Å². The van der Waals surface area contributed by atoms with E-state index in [0.717, 1.165) is 33.3 Å². The molecule has 0 bridgehead atoms. The molecule has 0 aromatic heterocycles. The van der Waals surface area contributed by atoms with E-state index in [4.69, 9.17) is 23.7 Å². The second-order valence-electron chi connectivity index (χ2n) is 7.56. The Balaban J connectivity index is 2.52. The van der Waals surface area contributed by atoms with Crippen molar-refractivity contribution in [3.05, 3.63) is 29.8 Å². The third-order valence-corrected chi connectivity index (χ3v) is 6.08. The molecule has 1 aliphatic heterocycles. The van der Waals surface area contributed by atoms with Crippen LogP contribution in [-0.2, 0) is 52.9 Å². The quantitative estimate of drug-likeness (QED) is 0.387. The van der Waals surface area contributed by atoms with Gasteiger partial charge in [-0.25, -0.2) is 8.42 Å². The van der Waals surface area contributed by atoms with Crippen LogP contribution in [0.1, 0.15) is 33.3 Å². The molecule has 0 saturated carbocycles. The minimum atomic E-state index is -4.25. The molecule has 0 unspecified atom stereocenters. The Morgan fingerprint density at radius 1 is 0.853 bits per heavy atom. The van der Waals surface area contributed by atoms with Crippen LogP contribution in [0, 0.1) is 6.92 Å². The van der Waals surface area contributed by atoms with Gasteiger partial charge in [-0.1, -0.05) is 17.7 Å². The maximum absolute atomic E-state index is 13.1. The van der Waals surface area contributed by atoms with Crippen molar-refractivity contribution in [3.8, 4) is 0 Å². The zero-order valence-corrected chi connectivity index (χ0v) is 20.1. The van der Waals surface area contributed by atoms with Crippen molar-refractivity contribution in [2.24, 2.45) is 0 Å². The Morgan fingerprint density at radius 3 is 1.88 bits per heavy atom. The average molecular weight is 502 g/mol. The van der Waals surface area contributed by atoms with E-state index in [-0.39, 0.29) is 4.90 Å². The predicted molar refractivity (Wildman–Crippen MR) is 113 cm³/mol. The Morgan fingerprint density at radius 2 is 1.38 bits per heavy atom. The number of hydrogen-bond donors (Lipinski definition) is 1. The van der Waals surface area contributed by atoms with Crippen molar-refractivity contribution in [1.29, 1.82) is 0 Å². The standard InChI is InChI=1S/C21H27NO11S/c1-11-6-8-16(9-7-11)34(27,28)22-18-20(31-14(4)25)19(30-13(3)24)17(10-29-12(2)23)33-21(18)32-15(5)26/h6-9,17-22H,10H2,1-5H3/t17-,18+,19+,20+,21-/m0/s1. The summed E-state index contributed by atoms with van der Waals surface area (Å²) in [5.41, 5.74) is 0.818. The fourth-order valence-electron chi connectivity index (χ4n) is 3.26. The van der Waals surface area contributed by atoms with Crippen molar-refractivity contribution in [3.63, 3.8) is 0 Å². The molecule has 0 amide bonds. The molecule has 2 rings (SSSR count). The first-order valence-corrected chi connectivity index (χ1v) is 11.7. The SMILES string of the molecule is CC(=O)OC[C@@H]1O[C@H](OC(C)=O)[C@H](NS(=O)(=O)c2ccc(C)cc2)[C@@H](OC(C)=O)[C@@H]1OC(C)=O. The highest BCUT2D eigenvalue weighted by molar-refractivity contribution is 7.89. The molecule has 1 aromatic rings.